The van der Waals surface area contributed by atoms with Gasteiger partial charge in [-0.15, -0.1) is 9.24 Å². The van der Waals surface area contributed by atoms with Crippen LogP contribution in [0.15, 0.2) is 30.3 Å². The number of amides is 1. The molecule has 0 aliphatic heterocycles. The molecule has 0 fully saturated rings. The summed E-state index contributed by atoms with van der Waals surface area (Å²) in [5.41, 5.74) is 0.949. The summed E-state index contributed by atoms with van der Waals surface area (Å²) in [5.74, 6) is 0.165. The summed E-state index contributed by atoms with van der Waals surface area (Å²) in [7, 11) is 2.80. The van der Waals surface area contributed by atoms with E-state index in [1.807, 2.05) is 58.0 Å². The maximum Gasteiger partial charge on any atom is 0.328 e. The fourth-order valence-electron chi connectivity index (χ4n) is 4.08. The van der Waals surface area contributed by atoms with E-state index in [-0.39, 0.29) is 17.7 Å². The molecule has 1 aromatic rings. The molecular formula is C24H42NO2P. The summed E-state index contributed by atoms with van der Waals surface area (Å²) < 4.78 is -0.733. The maximum atomic E-state index is 13.8. The van der Waals surface area contributed by atoms with E-state index in [1.54, 1.807) is 0 Å². The van der Waals surface area contributed by atoms with Gasteiger partial charge in [0.2, 0.25) is 0 Å². The second-order valence-electron chi connectivity index (χ2n) is 9.20. The molecular weight excluding hydrogens is 365 g/mol. The van der Waals surface area contributed by atoms with Gasteiger partial charge in [0, 0.05) is 11.8 Å². The third-order valence-electron chi connectivity index (χ3n) is 5.29. The minimum absolute atomic E-state index is 0.180. The smallest absolute Gasteiger partial charge is 0.328 e. The number of benzene rings is 1. The number of rotatable bonds is 13. The van der Waals surface area contributed by atoms with Crippen LogP contribution in [0.25, 0.3) is 0 Å². The highest BCUT2D eigenvalue weighted by Crippen LogP contribution is 2.41. The van der Waals surface area contributed by atoms with Crippen LogP contribution in [0.5, 0.6) is 0 Å². The average Bonchev–Trinajstić information content (AvgIpc) is 2.63. The molecule has 0 N–H and O–H groups in total. The summed E-state index contributed by atoms with van der Waals surface area (Å²) in [5, 5.41) is 13.0. The van der Waals surface area contributed by atoms with Crippen LogP contribution in [0, 0.1) is 17.0 Å². The molecule has 0 saturated heterocycles. The fourth-order valence-corrected chi connectivity index (χ4v) is 4.71. The Bertz CT molecular complexity index is 563. The van der Waals surface area contributed by atoms with Crippen molar-refractivity contribution in [3.05, 3.63) is 41.1 Å². The monoisotopic (exact) mass is 407 g/mol. The van der Waals surface area contributed by atoms with E-state index in [4.69, 9.17) is 0 Å². The van der Waals surface area contributed by atoms with Crippen molar-refractivity contribution in [2.24, 2.45) is 11.8 Å². The minimum Gasteiger partial charge on any atom is -0.625 e. The van der Waals surface area contributed by atoms with Crippen molar-refractivity contribution < 1.29 is 9.44 Å². The van der Waals surface area contributed by atoms with Gasteiger partial charge in [-0.1, -0.05) is 103 Å². The van der Waals surface area contributed by atoms with Crippen molar-refractivity contribution in [2.75, 3.05) is 13.1 Å². The second-order valence-corrected chi connectivity index (χ2v) is 10.2. The first-order valence-corrected chi connectivity index (χ1v) is 11.7. The zero-order chi connectivity index (χ0) is 21.2. The van der Waals surface area contributed by atoms with Gasteiger partial charge in [-0.25, -0.2) is 4.79 Å². The lowest BCUT2D eigenvalue weighted by Gasteiger charge is -2.47. The van der Waals surface area contributed by atoms with Crippen molar-refractivity contribution in [1.29, 1.82) is 0 Å². The Morgan fingerprint density at radius 1 is 0.964 bits per heavy atom. The molecule has 1 aromatic carbocycles. The molecule has 160 valence electrons. The predicted molar refractivity (Wildman–Crippen MR) is 124 cm³/mol. The number of hydrogen-bond acceptors (Lipinski definition) is 2. The Morgan fingerprint density at radius 2 is 1.46 bits per heavy atom. The van der Waals surface area contributed by atoms with Crippen molar-refractivity contribution >= 4 is 15.1 Å². The van der Waals surface area contributed by atoms with Crippen LogP contribution in [-0.2, 0) is 9.95 Å². The van der Waals surface area contributed by atoms with Gasteiger partial charge in [-0.2, -0.15) is 0 Å². The summed E-state index contributed by atoms with van der Waals surface area (Å²) in [6, 6.07) is 9.89. The molecule has 1 rings (SSSR count). The standard InChI is InChI=1S/C24H42NO2P/c1-6-7-8-9-10-14-17-24(28,22-15-12-11-13-16-22)23(26)25(27,18-20(2)3)19-21(4)5/h11-13,15-16,20-21H,6-10,14,17-19,28H2,1-5H3/t24-/m1/s1. The van der Waals surface area contributed by atoms with Gasteiger partial charge in [-0.3, -0.25) is 4.65 Å². The molecule has 2 atom stereocenters. The van der Waals surface area contributed by atoms with Crippen LogP contribution in [0.4, 0.5) is 0 Å². The Balaban J connectivity index is 3.09. The molecule has 0 aliphatic carbocycles. The van der Waals surface area contributed by atoms with E-state index in [9.17, 15) is 10.0 Å². The molecule has 0 saturated carbocycles. The van der Waals surface area contributed by atoms with E-state index >= 15 is 0 Å². The SMILES string of the molecule is CCCCCCCC[C@](P)(C(=O)[N+]([O-])(CC(C)C)CC(C)C)c1ccccc1. The van der Waals surface area contributed by atoms with Gasteiger partial charge < -0.3 is 5.21 Å². The van der Waals surface area contributed by atoms with E-state index in [2.05, 4.69) is 16.2 Å². The number of hydroxylamine groups is 3. The van der Waals surface area contributed by atoms with E-state index < -0.39 is 9.80 Å². The largest absolute Gasteiger partial charge is 0.625 e. The molecule has 0 radical (unpaired) electrons. The number of quaternary nitrogens is 1. The van der Waals surface area contributed by atoms with Crippen molar-refractivity contribution in [3.8, 4) is 0 Å². The van der Waals surface area contributed by atoms with Crippen LogP contribution in [0.2, 0.25) is 0 Å². The zero-order valence-corrected chi connectivity index (χ0v) is 19.9. The van der Waals surface area contributed by atoms with Gasteiger partial charge in [-0.05, 0) is 12.0 Å². The van der Waals surface area contributed by atoms with E-state index in [0.717, 1.165) is 18.4 Å². The second kappa shape index (κ2) is 12.1. The lowest BCUT2D eigenvalue weighted by molar-refractivity contribution is -0.812. The molecule has 0 aliphatic rings. The minimum atomic E-state index is -0.808. The average molecular weight is 408 g/mol. The lowest BCUT2D eigenvalue weighted by Crippen LogP contribution is -2.57. The number of unbranched alkanes of at least 4 members (excludes halogenated alkanes) is 5. The zero-order valence-electron chi connectivity index (χ0n) is 18.7. The number of carbonyl (C=O) groups excluding carboxylic acids is 1. The maximum absolute atomic E-state index is 13.8. The first-order valence-electron chi connectivity index (χ1n) is 11.1. The number of hydrogen-bond donors (Lipinski definition) is 0. The highest BCUT2D eigenvalue weighted by Gasteiger charge is 2.45. The quantitative estimate of drug-likeness (QED) is 0.159. The lowest BCUT2D eigenvalue weighted by atomic mass is 9.89. The molecule has 1 amide bonds. The van der Waals surface area contributed by atoms with Crippen LogP contribution in [0.1, 0.15) is 85.1 Å². The first kappa shape index (κ1) is 25.3. The summed E-state index contributed by atoms with van der Waals surface area (Å²) >= 11 is 0. The Kier molecular flexibility index (Phi) is 10.9. The van der Waals surface area contributed by atoms with Gasteiger partial charge in [0.1, 0.15) is 5.16 Å². The van der Waals surface area contributed by atoms with Crippen LogP contribution in [0.3, 0.4) is 0 Å². The molecule has 0 heterocycles. The molecule has 28 heavy (non-hydrogen) atoms. The molecule has 3 nitrogen and oxygen atoms in total. The highest BCUT2D eigenvalue weighted by atomic mass is 31.0. The molecule has 1 unspecified atom stereocenters. The highest BCUT2D eigenvalue weighted by molar-refractivity contribution is 7.20. The summed E-state index contributed by atoms with van der Waals surface area (Å²) in [4.78, 5) is 13.8. The third-order valence-corrected chi connectivity index (χ3v) is 6.15. The molecule has 0 bridgehead atoms. The summed E-state index contributed by atoms with van der Waals surface area (Å²) in [6.07, 6.45) is 7.75. The van der Waals surface area contributed by atoms with Gasteiger partial charge in [0.05, 0.1) is 13.1 Å². The van der Waals surface area contributed by atoms with Crippen molar-refractivity contribution in [1.82, 2.24) is 0 Å². The van der Waals surface area contributed by atoms with Crippen LogP contribution >= 0.6 is 9.24 Å². The first-order chi connectivity index (χ1) is 13.2. The molecule has 4 heteroatoms. The Morgan fingerprint density at radius 3 is 1.96 bits per heavy atom. The fraction of sp³-hybridized carbons (Fsp3) is 0.708. The Labute approximate surface area is 175 Å². The summed E-state index contributed by atoms with van der Waals surface area (Å²) in [6.45, 7) is 11.0. The Hall–Kier alpha value is -0.760. The van der Waals surface area contributed by atoms with Crippen LogP contribution < -0.4 is 0 Å². The third kappa shape index (κ3) is 7.58. The normalized spacial score (nSPS) is 14.5. The topological polar surface area (TPSA) is 40.1 Å². The molecule has 0 aromatic heterocycles. The van der Waals surface area contributed by atoms with Crippen molar-refractivity contribution in [2.45, 2.75) is 84.7 Å². The predicted octanol–water partition coefficient (Wildman–Crippen LogP) is 6.66. The van der Waals surface area contributed by atoms with Crippen molar-refractivity contribution in [3.63, 3.8) is 0 Å². The number of carbonyl (C=O) groups is 1. The van der Waals surface area contributed by atoms with Gasteiger partial charge >= 0.3 is 5.91 Å². The van der Waals surface area contributed by atoms with Gasteiger partial charge in [0.15, 0.2) is 0 Å². The van der Waals surface area contributed by atoms with Crippen LogP contribution in [-0.4, -0.2) is 23.6 Å². The molecule has 0 spiro atoms. The van der Waals surface area contributed by atoms with Gasteiger partial charge in [0.25, 0.3) is 0 Å². The number of nitrogens with zero attached hydrogens (tertiary/aromatic N) is 1. The van der Waals surface area contributed by atoms with E-state index in [1.165, 1.54) is 25.7 Å². The van der Waals surface area contributed by atoms with E-state index in [0.29, 0.717) is 19.5 Å².